The Hall–Kier alpha value is -3.56. The number of aromatic hydroxyl groups is 1. The number of phenols is 1. The lowest BCUT2D eigenvalue weighted by atomic mass is 9.95. The van der Waals surface area contributed by atoms with Gasteiger partial charge in [-0.05, 0) is 86.5 Å². The first kappa shape index (κ1) is 27.0. The Bertz CT molecular complexity index is 1690. The van der Waals surface area contributed by atoms with Gasteiger partial charge >= 0.3 is 6.01 Å². The minimum atomic E-state index is -0.514. The van der Waals surface area contributed by atoms with Gasteiger partial charge in [-0.15, -0.1) is 0 Å². The standard InChI is InChI=1S/C34H39FN6O2/c1-2-21-6-5-7-22-14-25(42)15-26(28(21)22)30-29(35)31-27(16-36-30)32(41-17-23-8-9-24(18-41)37-23)39-33(38-31)43-20-34(10-11-34)19-40-12-3-4-13-40/h5-7,14-16,23-24,37,42H,2-4,8-13,17-20H2,1H3/t23-,24+. The van der Waals surface area contributed by atoms with E-state index >= 15 is 4.39 Å². The second-order valence-corrected chi connectivity index (χ2v) is 13.2. The van der Waals surface area contributed by atoms with E-state index in [1.807, 2.05) is 18.2 Å². The van der Waals surface area contributed by atoms with Gasteiger partial charge in [-0.1, -0.05) is 25.1 Å². The van der Waals surface area contributed by atoms with Crippen molar-refractivity contribution in [3.05, 3.63) is 47.9 Å². The third kappa shape index (κ3) is 4.96. The summed E-state index contributed by atoms with van der Waals surface area (Å²) in [6, 6.07) is 10.3. The van der Waals surface area contributed by atoms with Crippen molar-refractivity contribution >= 4 is 27.5 Å². The molecule has 2 aromatic carbocycles. The van der Waals surface area contributed by atoms with Crippen LogP contribution in [0.2, 0.25) is 0 Å². The number of aryl methyl sites for hydroxylation is 1. The molecule has 8 rings (SSSR count). The van der Waals surface area contributed by atoms with Crippen LogP contribution in [0.15, 0.2) is 36.5 Å². The second-order valence-electron chi connectivity index (χ2n) is 13.2. The molecule has 1 aliphatic carbocycles. The van der Waals surface area contributed by atoms with E-state index in [1.54, 1.807) is 18.3 Å². The van der Waals surface area contributed by atoms with Crippen LogP contribution in [0.4, 0.5) is 10.2 Å². The normalized spacial score (nSPS) is 23.0. The van der Waals surface area contributed by atoms with Gasteiger partial charge < -0.3 is 25.0 Å². The third-order valence-corrected chi connectivity index (χ3v) is 10.1. The molecular weight excluding hydrogens is 543 g/mol. The van der Waals surface area contributed by atoms with E-state index in [2.05, 4.69) is 27.0 Å². The van der Waals surface area contributed by atoms with Crippen molar-refractivity contribution in [1.82, 2.24) is 25.2 Å². The van der Waals surface area contributed by atoms with Crippen molar-refractivity contribution in [2.24, 2.45) is 5.41 Å². The Labute approximate surface area is 251 Å². The van der Waals surface area contributed by atoms with E-state index in [0.29, 0.717) is 35.5 Å². The molecule has 2 aromatic heterocycles. The highest BCUT2D eigenvalue weighted by atomic mass is 19.1. The largest absolute Gasteiger partial charge is 0.508 e. The summed E-state index contributed by atoms with van der Waals surface area (Å²) in [4.78, 5) is 19.1. The smallest absolute Gasteiger partial charge is 0.319 e. The monoisotopic (exact) mass is 582 g/mol. The molecule has 3 aliphatic heterocycles. The molecule has 2 bridgehead atoms. The fraction of sp³-hybridized carbons (Fsp3) is 0.500. The van der Waals surface area contributed by atoms with E-state index < -0.39 is 5.82 Å². The van der Waals surface area contributed by atoms with Crippen LogP contribution in [0.3, 0.4) is 0 Å². The Kier molecular flexibility index (Phi) is 6.63. The molecule has 4 aliphatic rings. The summed E-state index contributed by atoms with van der Waals surface area (Å²) in [5.74, 6) is 0.254. The maximum Gasteiger partial charge on any atom is 0.319 e. The molecule has 0 spiro atoms. The molecule has 5 heterocycles. The van der Waals surface area contributed by atoms with Crippen LogP contribution in [-0.4, -0.2) is 76.4 Å². The third-order valence-electron chi connectivity index (χ3n) is 10.1. The fourth-order valence-electron chi connectivity index (χ4n) is 7.61. The SMILES string of the molecule is CCc1cccc2cc(O)cc(-c3ncc4c(N5C[C@H]6CC[C@@H](C5)N6)nc(OCC5(CN6CCCC6)CC5)nc4c3F)c12. The number of rotatable bonds is 8. The van der Waals surface area contributed by atoms with Crippen LogP contribution in [0.1, 0.15) is 51.0 Å². The lowest BCUT2D eigenvalue weighted by molar-refractivity contribution is 0.170. The number of hydrogen-bond acceptors (Lipinski definition) is 8. The summed E-state index contributed by atoms with van der Waals surface area (Å²) in [6.45, 7) is 7.60. The van der Waals surface area contributed by atoms with Gasteiger partial charge in [0.1, 0.15) is 22.8 Å². The minimum absolute atomic E-state index is 0.0773. The molecule has 4 aromatic rings. The minimum Gasteiger partial charge on any atom is -0.508 e. The maximum atomic E-state index is 16.8. The van der Waals surface area contributed by atoms with Crippen LogP contribution in [-0.2, 0) is 6.42 Å². The molecule has 224 valence electrons. The lowest BCUT2D eigenvalue weighted by Gasteiger charge is -2.34. The zero-order valence-electron chi connectivity index (χ0n) is 24.8. The van der Waals surface area contributed by atoms with E-state index in [0.717, 1.165) is 81.2 Å². The van der Waals surface area contributed by atoms with Gasteiger partial charge in [-0.2, -0.15) is 9.97 Å². The van der Waals surface area contributed by atoms with Crippen molar-refractivity contribution in [3.8, 4) is 23.0 Å². The van der Waals surface area contributed by atoms with Gasteiger partial charge in [0.05, 0.1) is 12.0 Å². The van der Waals surface area contributed by atoms with Crippen molar-refractivity contribution in [2.45, 2.75) is 64.0 Å². The first-order valence-corrected chi connectivity index (χ1v) is 16.0. The van der Waals surface area contributed by atoms with Crippen LogP contribution >= 0.6 is 0 Å². The average Bonchev–Trinajstić information content (AvgIpc) is 3.42. The van der Waals surface area contributed by atoms with Gasteiger partial charge in [-0.3, -0.25) is 4.98 Å². The Morgan fingerprint density at radius 2 is 1.88 bits per heavy atom. The van der Waals surface area contributed by atoms with Crippen LogP contribution in [0, 0.1) is 11.2 Å². The number of ether oxygens (including phenoxy) is 1. The number of pyridine rings is 1. The van der Waals surface area contributed by atoms with E-state index in [9.17, 15) is 5.11 Å². The number of fused-ring (bicyclic) bond motifs is 4. The quantitative estimate of drug-likeness (QED) is 0.284. The molecule has 0 unspecified atom stereocenters. The number of halogens is 1. The predicted octanol–water partition coefficient (Wildman–Crippen LogP) is 5.45. The predicted molar refractivity (Wildman–Crippen MR) is 166 cm³/mol. The molecular formula is C34H39FN6O2. The van der Waals surface area contributed by atoms with Gasteiger partial charge in [0.25, 0.3) is 0 Å². The number of anilines is 1. The number of likely N-dealkylation sites (tertiary alicyclic amines) is 1. The fourth-order valence-corrected chi connectivity index (χ4v) is 7.61. The average molecular weight is 583 g/mol. The topological polar surface area (TPSA) is 86.6 Å². The Balaban J connectivity index is 1.22. The van der Waals surface area contributed by atoms with Crippen LogP contribution in [0.25, 0.3) is 32.9 Å². The van der Waals surface area contributed by atoms with Gasteiger partial charge in [0, 0.05) is 48.9 Å². The van der Waals surface area contributed by atoms with E-state index in [1.165, 1.54) is 12.8 Å². The number of phenolic OH excluding ortho intramolecular Hbond substituents is 1. The van der Waals surface area contributed by atoms with Crippen molar-refractivity contribution in [2.75, 3.05) is 44.2 Å². The lowest BCUT2D eigenvalue weighted by Crippen LogP contribution is -2.51. The molecule has 4 fully saturated rings. The molecule has 9 heteroatoms. The molecule has 8 nitrogen and oxygen atoms in total. The molecule has 0 amide bonds. The van der Waals surface area contributed by atoms with E-state index in [4.69, 9.17) is 14.7 Å². The highest BCUT2D eigenvalue weighted by Gasteiger charge is 2.45. The summed E-state index contributed by atoms with van der Waals surface area (Å²) in [6.07, 6.45) is 9.56. The first-order chi connectivity index (χ1) is 21.0. The van der Waals surface area contributed by atoms with Gasteiger partial charge in [-0.25, -0.2) is 4.39 Å². The number of nitrogens with zero attached hydrogens (tertiary/aromatic N) is 5. The van der Waals surface area contributed by atoms with Gasteiger partial charge in [0.2, 0.25) is 0 Å². The summed E-state index contributed by atoms with van der Waals surface area (Å²) in [5, 5.41) is 16.6. The number of benzene rings is 2. The van der Waals surface area contributed by atoms with Gasteiger partial charge in [0.15, 0.2) is 5.82 Å². The number of hydrogen-bond donors (Lipinski definition) is 2. The maximum absolute atomic E-state index is 16.8. The van der Waals surface area contributed by atoms with Crippen LogP contribution < -0.4 is 15.0 Å². The zero-order chi connectivity index (χ0) is 29.1. The molecule has 2 atom stereocenters. The zero-order valence-corrected chi connectivity index (χ0v) is 24.8. The van der Waals surface area contributed by atoms with Crippen molar-refractivity contribution in [1.29, 1.82) is 0 Å². The Morgan fingerprint density at radius 1 is 1.09 bits per heavy atom. The summed E-state index contributed by atoms with van der Waals surface area (Å²) >= 11 is 0. The molecule has 1 saturated carbocycles. The van der Waals surface area contributed by atoms with E-state index in [-0.39, 0.29) is 28.4 Å². The number of nitrogens with one attached hydrogen (secondary N) is 1. The first-order valence-electron chi connectivity index (χ1n) is 16.0. The molecule has 43 heavy (non-hydrogen) atoms. The number of piperazine rings is 1. The van der Waals surface area contributed by atoms with Crippen LogP contribution in [0.5, 0.6) is 11.8 Å². The second kappa shape index (κ2) is 10.6. The summed E-state index contributed by atoms with van der Waals surface area (Å²) in [7, 11) is 0. The van der Waals surface area contributed by atoms with Crippen molar-refractivity contribution in [3.63, 3.8) is 0 Å². The molecule has 2 N–H and O–H groups in total. The Morgan fingerprint density at radius 3 is 2.63 bits per heavy atom. The summed E-state index contributed by atoms with van der Waals surface area (Å²) < 4.78 is 23.1. The highest BCUT2D eigenvalue weighted by Crippen LogP contribution is 2.47. The molecule has 3 saturated heterocycles. The van der Waals surface area contributed by atoms with Crippen molar-refractivity contribution < 1.29 is 14.2 Å². The molecule has 0 radical (unpaired) electrons. The number of aromatic nitrogens is 3. The summed E-state index contributed by atoms with van der Waals surface area (Å²) in [5.41, 5.74) is 2.17. The highest BCUT2D eigenvalue weighted by molar-refractivity contribution is 6.01.